The van der Waals surface area contributed by atoms with Crippen molar-refractivity contribution < 1.29 is 18.7 Å². The third-order valence-corrected chi connectivity index (χ3v) is 3.81. The van der Waals surface area contributed by atoms with Crippen molar-refractivity contribution in [3.8, 4) is 0 Å². The van der Waals surface area contributed by atoms with Crippen LogP contribution < -0.4 is 0 Å². The fourth-order valence-corrected chi connectivity index (χ4v) is 2.47. The van der Waals surface area contributed by atoms with Crippen LogP contribution in [0.15, 0.2) is 22.8 Å². The molecule has 0 aliphatic carbocycles. The summed E-state index contributed by atoms with van der Waals surface area (Å²) < 4.78 is 10.4. The zero-order chi connectivity index (χ0) is 15.2. The minimum absolute atomic E-state index is 0.00454. The summed E-state index contributed by atoms with van der Waals surface area (Å²) in [6, 6.07) is 3.64. The van der Waals surface area contributed by atoms with E-state index in [4.69, 9.17) is 9.15 Å². The van der Waals surface area contributed by atoms with Crippen LogP contribution in [-0.4, -0.2) is 55.5 Å². The Kier molecular flexibility index (Phi) is 5.38. The second-order valence-corrected chi connectivity index (χ2v) is 5.34. The number of hydrogen-bond donors (Lipinski definition) is 0. The van der Waals surface area contributed by atoms with E-state index in [1.807, 2.05) is 6.07 Å². The second-order valence-electron chi connectivity index (χ2n) is 5.34. The van der Waals surface area contributed by atoms with Crippen molar-refractivity contribution >= 4 is 11.8 Å². The molecule has 1 aromatic rings. The van der Waals surface area contributed by atoms with Crippen molar-refractivity contribution in [2.24, 2.45) is 5.92 Å². The lowest BCUT2D eigenvalue weighted by molar-refractivity contribution is -0.145. The monoisotopic (exact) mass is 294 g/mol. The van der Waals surface area contributed by atoms with Crippen LogP contribution >= 0.6 is 0 Å². The molecule has 6 nitrogen and oxygen atoms in total. The Hall–Kier alpha value is -1.82. The van der Waals surface area contributed by atoms with Crippen LogP contribution in [-0.2, 0) is 20.9 Å². The Morgan fingerprint density at radius 3 is 3.00 bits per heavy atom. The van der Waals surface area contributed by atoms with E-state index in [-0.39, 0.29) is 24.2 Å². The van der Waals surface area contributed by atoms with Crippen LogP contribution in [0.2, 0.25) is 0 Å². The third-order valence-electron chi connectivity index (χ3n) is 3.81. The maximum absolute atomic E-state index is 12.6. The summed E-state index contributed by atoms with van der Waals surface area (Å²) in [6.07, 6.45) is 2.59. The van der Waals surface area contributed by atoms with Gasteiger partial charge in [-0.2, -0.15) is 0 Å². The lowest BCUT2D eigenvalue weighted by Gasteiger charge is -2.31. The molecule has 0 radical (unpaired) electrons. The molecule has 1 aliphatic heterocycles. The number of carbonyl (C=O) groups excluding carboxylic acids is 2. The van der Waals surface area contributed by atoms with Gasteiger partial charge >= 0.3 is 0 Å². The van der Waals surface area contributed by atoms with Gasteiger partial charge in [0, 0.05) is 39.6 Å². The lowest BCUT2D eigenvalue weighted by Crippen LogP contribution is -2.44. The number of piperidine rings is 1. The molecule has 1 aromatic heterocycles. The summed E-state index contributed by atoms with van der Waals surface area (Å²) >= 11 is 0. The lowest BCUT2D eigenvalue weighted by atomic mass is 9.95. The standard InChI is InChI=1S/C15H22N2O4/c1-16-6-5-12(10-14(16)18)15(19)17(7-9-20-2)11-13-4-3-8-21-13/h3-4,8,12H,5-7,9-11H2,1-2H3/t12-/m0/s1. The third kappa shape index (κ3) is 4.07. The van der Waals surface area contributed by atoms with Gasteiger partial charge in [-0.25, -0.2) is 0 Å². The molecular formula is C15H22N2O4. The van der Waals surface area contributed by atoms with Gasteiger partial charge < -0.3 is 19.0 Å². The minimum Gasteiger partial charge on any atom is -0.467 e. The molecule has 116 valence electrons. The summed E-state index contributed by atoms with van der Waals surface area (Å²) in [5, 5.41) is 0. The molecule has 1 atom stereocenters. The molecule has 1 fully saturated rings. The number of ether oxygens (including phenoxy) is 1. The SMILES string of the molecule is COCCN(Cc1ccco1)C(=O)[C@H]1CCN(C)C(=O)C1. The van der Waals surface area contributed by atoms with E-state index < -0.39 is 0 Å². The number of furan rings is 1. The highest BCUT2D eigenvalue weighted by atomic mass is 16.5. The van der Waals surface area contributed by atoms with Crippen LogP contribution in [0, 0.1) is 5.92 Å². The summed E-state index contributed by atoms with van der Waals surface area (Å²) in [4.78, 5) is 27.8. The van der Waals surface area contributed by atoms with Gasteiger partial charge in [0.2, 0.25) is 11.8 Å². The molecule has 0 N–H and O–H groups in total. The smallest absolute Gasteiger partial charge is 0.226 e. The quantitative estimate of drug-likeness (QED) is 0.789. The second kappa shape index (κ2) is 7.26. The van der Waals surface area contributed by atoms with Crippen LogP contribution in [0.3, 0.4) is 0 Å². The number of amides is 2. The molecule has 2 rings (SSSR count). The molecule has 1 saturated heterocycles. The van der Waals surface area contributed by atoms with Gasteiger partial charge in [-0.1, -0.05) is 0 Å². The first-order valence-electron chi connectivity index (χ1n) is 7.16. The van der Waals surface area contributed by atoms with Gasteiger partial charge in [-0.05, 0) is 18.6 Å². The largest absolute Gasteiger partial charge is 0.467 e. The Labute approximate surface area is 124 Å². The Balaban J connectivity index is 2.01. The Morgan fingerprint density at radius 1 is 1.57 bits per heavy atom. The Morgan fingerprint density at radius 2 is 2.38 bits per heavy atom. The number of likely N-dealkylation sites (tertiary alicyclic amines) is 1. The summed E-state index contributed by atoms with van der Waals surface area (Å²) in [5.41, 5.74) is 0. The van der Waals surface area contributed by atoms with Crippen molar-refractivity contribution in [3.05, 3.63) is 24.2 Å². The van der Waals surface area contributed by atoms with Gasteiger partial charge in [0.25, 0.3) is 0 Å². The molecule has 1 aliphatic rings. The molecule has 2 amide bonds. The van der Waals surface area contributed by atoms with Crippen molar-refractivity contribution in [2.75, 3.05) is 33.9 Å². The Bertz CT molecular complexity index is 472. The van der Waals surface area contributed by atoms with E-state index in [9.17, 15) is 9.59 Å². The molecule has 21 heavy (non-hydrogen) atoms. The molecule has 6 heteroatoms. The molecule has 0 spiro atoms. The highest BCUT2D eigenvalue weighted by Gasteiger charge is 2.31. The summed E-state index contributed by atoms with van der Waals surface area (Å²) in [6.45, 7) is 2.01. The van der Waals surface area contributed by atoms with Crippen molar-refractivity contribution in [1.29, 1.82) is 0 Å². The van der Waals surface area contributed by atoms with Crippen LogP contribution in [0.4, 0.5) is 0 Å². The molecular weight excluding hydrogens is 272 g/mol. The van der Waals surface area contributed by atoms with Gasteiger partial charge in [-0.15, -0.1) is 0 Å². The van der Waals surface area contributed by atoms with E-state index in [0.29, 0.717) is 32.7 Å². The van der Waals surface area contributed by atoms with Crippen LogP contribution in [0.5, 0.6) is 0 Å². The minimum atomic E-state index is -0.236. The van der Waals surface area contributed by atoms with Crippen molar-refractivity contribution in [2.45, 2.75) is 19.4 Å². The number of carbonyl (C=O) groups is 2. The van der Waals surface area contributed by atoms with Crippen molar-refractivity contribution in [3.63, 3.8) is 0 Å². The number of hydrogen-bond acceptors (Lipinski definition) is 4. The maximum atomic E-state index is 12.6. The van der Waals surface area contributed by atoms with Crippen LogP contribution in [0.1, 0.15) is 18.6 Å². The highest BCUT2D eigenvalue weighted by Crippen LogP contribution is 2.21. The fraction of sp³-hybridized carbons (Fsp3) is 0.600. The molecule has 2 heterocycles. The molecule has 0 aromatic carbocycles. The van der Waals surface area contributed by atoms with Gasteiger partial charge in [0.05, 0.1) is 19.4 Å². The van der Waals surface area contributed by atoms with Crippen LogP contribution in [0.25, 0.3) is 0 Å². The van der Waals surface area contributed by atoms with E-state index in [2.05, 4.69) is 0 Å². The number of nitrogens with zero attached hydrogens (tertiary/aromatic N) is 2. The van der Waals surface area contributed by atoms with Crippen molar-refractivity contribution in [1.82, 2.24) is 9.80 Å². The van der Waals surface area contributed by atoms with E-state index >= 15 is 0 Å². The molecule has 0 bridgehead atoms. The van der Waals surface area contributed by atoms with Gasteiger partial charge in [0.15, 0.2) is 0 Å². The first-order valence-corrected chi connectivity index (χ1v) is 7.16. The maximum Gasteiger partial charge on any atom is 0.226 e. The fourth-order valence-electron chi connectivity index (χ4n) is 2.47. The number of rotatable bonds is 6. The predicted molar refractivity (Wildman–Crippen MR) is 76.4 cm³/mol. The zero-order valence-electron chi connectivity index (χ0n) is 12.6. The molecule has 0 unspecified atom stereocenters. The molecule has 0 saturated carbocycles. The first-order chi connectivity index (χ1) is 10.1. The van der Waals surface area contributed by atoms with Gasteiger partial charge in [0.1, 0.15) is 5.76 Å². The zero-order valence-corrected chi connectivity index (χ0v) is 12.6. The predicted octanol–water partition coefficient (Wildman–Crippen LogP) is 1.12. The average Bonchev–Trinajstić information content (AvgIpc) is 2.98. The summed E-state index contributed by atoms with van der Waals surface area (Å²) in [7, 11) is 3.38. The summed E-state index contributed by atoms with van der Waals surface area (Å²) in [5.74, 6) is 0.536. The van der Waals surface area contributed by atoms with E-state index in [0.717, 1.165) is 5.76 Å². The highest BCUT2D eigenvalue weighted by molar-refractivity contribution is 5.86. The number of methoxy groups -OCH3 is 1. The topological polar surface area (TPSA) is 63.0 Å². The van der Waals surface area contributed by atoms with Gasteiger partial charge in [-0.3, -0.25) is 9.59 Å². The van der Waals surface area contributed by atoms with E-state index in [1.165, 1.54) is 0 Å². The normalized spacial score (nSPS) is 18.9. The first kappa shape index (κ1) is 15.6. The average molecular weight is 294 g/mol. The van der Waals surface area contributed by atoms with E-state index in [1.54, 1.807) is 36.3 Å².